The first kappa shape index (κ1) is 19.5. The highest BCUT2D eigenvalue weighted by atomic mass is 32.2. The molecule has 0 N–H and O–H groups in total. The molecule has 31 heavy (non-hydrogen) atoms. The Morgan fingerprint density at radius 3 is 2.74 bits per heavy atom. The molecule has 0 bridgehead atoms. The van der Waals surface area contributed by atoms with Crippen LogP contribution in [0.25, 0.3) is 10.9 Å². The molecule has 1 aliphatic rings. The number of aromatic nitrogens is 2. The fourth-order valence-electron chi connectivity index (χ4n) is 3.65. The van der Waals surface area contributed by atoms with E-state index < -0.39 is 0 Å². The van der Waals surface area contributed by atoms with Gasteiger partial charge in [-0.15, -0.1) is 0 Å². The van der Waals surface area contributed by atoms with Crippen molar-refractivity contribution in [1.29, 1.82) is 0 Å². The zero-order chi connectivity index (χ0) is 21.2. The number of rotatable bonds is 5. The average molecular weight is 429 g/mol. The molecule has 2 aromatic carbocycles. The number of hydrazone groups is 1. The number of carbonyl (C=O) groups is 1. The first-order valence-electron chi connectivity index (χ1n) is 10.0. The molecule has 6 nitrogen and oxygen atoms in total. The van der Waals surface area contributed by atoms with Gasteiger partial charge in [0, 0.05) is 11.8 Å². The summed E-state index contributed by atoms with van der Waals surface area (Å²) in [6.07, 6.45) is 3.78. The average Bonchev–Trinajstić information content (AvgIpc) is 3.48. The quantitative estimate of drug-likeness (QED) is 0.330. The van der Waals surface area contributed by atoms with Gasteiger partial charge in [-0.2, -0.15) is 5.10 Å². The highest BCUT2D eigenvalue weighted by Crippen LogP contribution is 2.34. The maximum Gasteiger partial charge on any atom is 0.253 e. The number of para-hydroxylation sites is 1. The molecule has 0 fully saturated rings. The second kappa shape index (κ2) is 8.35. The van der Waals surface area contributed by atoms with Crippen LogP contribution in [0.15, 0.2) is 87.8 Å². The van der Waals surface area contributed by atoms with Gasteiger partial charge < -0.3 is 4.42 Å². The van der Waals surface area contributed by atoms with Crippen molar-refractivity contribution < 1.29 is 9.21 Å². The molecule has 0 saturated heterocycles. The van der Waals surface area contributed by atoms with E-state index in [4.69, 9.17) is 9.52 Å². The number of hydrogen-bond acceptors (Lipinski definition) is 6. The normalized spacial score (nSPS) is 16.0. The van der Waals surface area contributed by atoms with Crippen molar-refractivity contribution in [3.05, 3.63) is 90.1 Å². The van der Waals surface area contributed by atoms with Gasteiger partial charge in [0.15, 0.2) is 0 Å². The lowest BCUT2D eigenvalue weighted by Gasteiger charge is -2.19. The maximum absolute atomic E-state index is 13.2. The molecule has 154 valence electrons. The number of benzene rings is 2. The van der Waals surface area contributed by atoms with Gasteiger partial charge in [-0.1, -0.05) is 59.8 Å². The van der Waals surface area contributed by atoms with Gasteiger partial charge in [-0.3, -0.25) is 4.79 Å². The van der Waals surface area contributed by atoms with E-state index in [1.165, 1.54) is 23.7 Å². The van der Waals surface area contributed by atoms with Crippen LogP contribution in [-0.2, 0) is 4.79 Å². The van der Waals surface area contributed by atoms with E-state index in [1.54, 1.807) is 11.3 Å². The number of thioether (sulfide) groups is 1. The Labute approximate surface area is 184 Å². The highest BCUT2D eigenvalue weighted by molar-refractivity contribution is 8.00. The van der Waals surface area contributed by atoms with Crippen molar-refractivity contribution >= 4 is 34.3 Å². The summed E-state index contributed by atoms with van der Waals surface area (Å²) in [6, 6.07) is 19.5. The molecule has 1 amide bonds. The molecule has 1 unspecified atom stereocenters. The molecule has 1 aliphatic heterocycles. The number of carbonyl (C=O) groups excluding carboxylic acids is 1. The van der Waals surface area contributed by atoms with Crippen molar-refractivity contribution in [2.75, 3.05) is 5.75 Å². The van der Waals surface area contributed by atoms with Crippen LogP contribution in [0.3, 0.4) is 0 Å². The number of hydrogen-bond donors (Lipinski definition) is 0. The van der Waals surface area contributed by atoms with Gasteiger partial charge in [0.25, 0.3) is 5.91 Å². The minimum Gasteiger partial charge on any atom is -0.467 e. The summed E-state index contributed by atoms with van der Waals surface area (Å²) < 4.78 is 5.63. The summed E-state index contributed by atoms with van der Waals surface area (Å²) in [5.74, 6) is 0.871. The second-order valence-electron chi connectivity index (χ2n) is 7.37. The van der Waals surface area contributed by atoms with Crippen LogP contribution >= 0.6 is 11.8 Å². The number of fused-ring (bicyclic) bond motifs is 1. The summed E-state index contributed by atoms with van der Waals surface area (Å²) in [4.78, 5) is 21.9. The SMILES string of the molecule is Cc1ccc(C2=NN(C(=O)CSc3ncnc4ccccc34)C(c3ccco3)C2)cc1. The number of furan rings is 1. The van der Waals surface area contributed by atoms with Gasteiger partial charge in [0.1, 0.15) is 23.2 Å². The van der Waals surface area contributed by atoms with Crippen molar-refractivity contribution in [2.24, 2.45) is 5.10 Å². The van der Waals surface area contributed by atoms with Gasteiger partial charge in [0.05, 0.1) is 23.2 Å². The van der Waals surface area contributed by atoms with Crippen LogP contribution < -0.4 is 0 Å². The Morgan fingerprint density at radius 2 is 1.94 bits per heavy atom. The third-order valence-corrected chi connectivity index (χ3v) is 6.25. The van der Waals surface area contributed by atoms with E-state index in [1.807, 2.05) is 48.5 Å². The molecule has 0 aliphatic carbocycles. The van der Waals surface area contributed by atoms with Crippen molar-refractivity contribution in [1.82, 2.24) is 15.0 Å². The predicted octanol–water partition coefficient (Wildman–Crippen LogP) is 5.00. The van der Waals surface area contributed by atoms with E-state index in [0.29, 0.717) is 6.42 Å². The van der Waals surface area contributed by atoms with E-state index >= 15 is 0 Å². The Kier molecular flexibility index (Phi) is 5.26. The molecule has 1 atom stereocenters. The summed E-state index contributed by atoms with van der Waals surface area (Å²) >= 11 is 1.40. The minimum atomic E-state index is -0.249. The van der Waals surface area contributed by atoms with E-state index in [-0.39, 0.29) is 17.7 Å². The van der Waals surface area contributed by atoms with Crippen LogP contribution in [0.2, 0.25) is 0 Å². The summed E-state index contributed by atoms with van der Waals surface area (Å²) in [6.45, 7) is 2.05. The molecule has 3 heterocycles. The molecular weight excluding hydrogens is 408 g/mol. The first-order valence-corrected chi connectivity index (χ1v) is 11.0. The second-order valence-corrected chi connectivity index (χ2v) is 8.34. The molecule has 7 heteroatoms. The minimum absolute atomic E-state index is 0.0868. The standard InChI is InChI=1S/C24H20N4O2S/c1-16-8-10-17(11-9-16)20-13-21(22-7-4-12-30-22)28(27-20)23(29)14-31-24-18-5-2-3-6-19(18)25-15-26-24/h2-12,15,21H,13-14H2,1H3. The zero-order valence-corrected chi connectivity index (χ0v) is 17.7. The molecule has 0 saturated carbocycles. The zero-order valence-electron chi connectivity index (χ0n) is 16.9. The Morgan fingerprint density at radius 1 is 1.10 bits per heavy atom. The monoisotopic (exact) mass is 428 g/mol. The summed E-state index contributed by atoms with van der Waals surface area (Å²) in [5, 5.41) is 7.98. The van der Waals surface area contributed by atoms with Crippen molar-refractivity contribution in [2.45, 2.75) is 24.4 Å². The number of amides is 1. The topological polar surface area (TPSA) is 71.6 Å². The Balaban J connectivity index is 1.39. The van der Waals surface area contributed by atoms with E-state index in [9.17, 15) is 4.79 Å². The predicted molar refractivity (Wildman–Crippen MR) is 121 cm³/mol. The highest BCUT2D eigenvalue weighted by Gasteiger charge is 2.34. The third kappa shape index (κ3) is 3.96. The van der Waals surface area contributed by atoms with Crippen molar-refractivity contribution in [3.8, 4) is 0 Å². The fourth-order valence-corrected chi connectivity index (χ4v) is 4.50. The van der Waals surface area contributed by atoms with Crippen LogP contribution in [-0.4, -0.2) is 32.3 Å². The molecule has 2 aromatic heterocycles. The van der Waals surface area contributed by atoms with Crippen LogP contribution in [0.5, 0.6) is 0 Å². The Bertz CT molecular complexity index is 1250. The van der Waals surface area contributed by atoms with Crippen LogP contribution in [0, 0.1) is 6.92 Å². The maximum atomic E-state index is 13.2. The molecular formula is C24H20N4O2S. The van der Waals surface area contributed by atoms with E-state index in [0.717, 1.165) is 33.0 Å². The Hall–Kier alpha value is -3.45. The fraction of sp³-hybridized carbons (Fsp3) is 0.167. The van der Waals surface area contributed by atoms with Gasteiger partial charge >= 0.3 is 0 Å². The van der Waals surface area contributed by atoms with Crippen molar-refractivity contribution in [3.63, 3.8) is 0 Å². The summed E-state index contributed by atoms with van der Waals surface area (Å²) in [7, 11) is 0. The van der Waals surface area contributed by atoms with Gasteiger partial charge in [0.2, 0.25) is 0 Å². The molecule has 4 aromatic rings. The summed E-state index contributed by atoms with van der Waals surface area (Å²) in [5.41, 5.74) is 3.95. The molecule has 5 rings (SSSR count). The van der Waals surface area contributed by atoms with Crippen LogP contribution in [0.1, 0.15) is 29.3 Å². The lowest BCUT2D eigenvalue weighted by molar-refractivity contribution is -0.130. The van der Waals surface area contributed by atoms with E-state index in [2.05, 4.69) is 29.0 Å². The lowest BCUT2D eigenvalue weighted by Crippen LogP contribution is -2.28. The van der Waals surface area contributed by atoms with Gasteiger partial charge in [-0.25, -0.2) is 15.0 Å². The number of aryl methyl sites for hydroxylation is 1. The van der Waals surface area contributed by atoms with Gasteiger partial charge in [-0.05, 0) is 30.7 Å². The van der Waals surface area contributed by atoms with Crippen LogP contribution in [0.4, 0.5) is 0 Å². The first-order chi connectivity index (χ1) is 15.2. The third-order valence-electron chi connectivity index (χ3n) is 5.26. The molecule has 0 radical (unpaired) electrons. The molecule has 0 spiro atoms. The lowest BCUT2D eigenvalue weighted by atomic mass is 10.0. The number of nitrogens with zero attached hydrogens (tertiary/aromatic N) is 4. The largest absolute Gasteiger partial charge is 0.467 e. The smallest absolute Gasteiger partial charge is 0.253 e.